The molecule has 5 heteroatoms. The first kappa shape index (κ1) is 18.5. The van der Waals surface area contributed by atoms with Gasteiger partial charge >= 0.3 is 6.09 Å². The number of carbonyl (C=O) groups excluding carboxylic acids is 1. The summed E-state index contributed by atoms with van der Waals surface area (Å²) in [7, 11) is 0. The van der Waals surface area contributed by atoms with E-state index in [1.165, 1.54) is 19.3 Å². The van der Waals surface area contributed by atoms with E-state index in [0.717, 1.165) is 51.7 Å². The lowest BCUT2D eigenvalue weighted by molar-refractivity contribution is -0.0330. The van der Waals surface area contributed by atoms with Gasteiger partial charge in [0, 0.05) is 18.1 Å². The number of piperidine rings is 1. The average molecular weight is 325 g/mol. The highest BCUT2D eigenvalue weighted by Crippen LogP contribution is 2.41. The van der Waals surface area contributed by atoms with Crippen LogP contribution in [0.15, 0.2) is 0 Å². The number of hydrogen-bond donors (Lipinski definition) is 2. The lowest BCUT2D eigenvalue weighted by atomic mass is 9.73. The van der Waals surface area contributed by atoms with Gasteiger partial charge in [-0.1, -0.05) is 19.3 Å². The number of nitrogens with one attached hydrogen (secondary N) is 1. The number of nitrogens with two attached hydrogens (primary N) is 1. The normalized spacial score (nSPS) is 24.7. The predicted molar refractivity (Wildman–Crippen MR) is 93.5 cm³/mol. The van der Waals surface area contributed by atoms with Crippen molar-refractivity contribution in [3.63, 3.8) is 0 Å². The molecule has 1 amide bonds. The fraction of sp³-hybridized carbons (Fsp3) is 0.944. The van der Waals surface area contributed by atoms with Crippen LogP contribution in [0.3, 0.4) is 0 Å². The van der Waals surface area contributed by atoms with E-state index in [4.69, 9.17) is 10.5 Å². The SMILES string of the molecule is CC(C)(C)OC(=O)N1CCC(NCCCN)CC12CCCCC2. The van der Waals surface area contributed by atoms with Crippen molar-refractivity contribution >= 4 is 6.09 Å². The van der Waals surface area contributed by atoms with Gasteiger partial charge in [0.2, 0.25) is 0 Å². The van der Waals surface area contributed by atoms with E-state index in [-0.39, 0.29) is 11.6 Å². The Kier molecular flexibility index (Phi) is 6.32. The summed E-state index contributed by atoms with van der Waals surface area (Å²) < 4.78 is 5.69. The van der Waals surface area contributed by atoms with E-state index in [0.29, 0.717) is 6.04 Å². The number of nitrogens with zero attached hydrogens (tertiary/aromatic N) is 1. The van der Waals surface area contributed by atoms with Crippen LogP contribution in [0, 0.1) is 0 Å². The zero-order valence-corrected chi connectivity index (χ0v) is 15.2. The van der Waals surface area contributed by atoms with Crippen LogP contribution in [0.1, 0.15) is 72.1 Å². The Morgan fingerprint density at radius 2 is 2.00 bits per heavy atom. The number of ether oxygens (including phenoxy) is 1. The van der Waals surface area contributed by atoms with Crippen LogP contribution in [0.2, 0.25) is 0 Å². The summed E-state index contributed by atoms with van der Waals surface area (Å²) in [6.45, 7) is 8.34. The van der Waals surface area contributed by atoms with Crippen LogP contribution in [0.5, 0.6) is 0 Å². The Morgan fingerprint density at radius 3 is 2.61 bits per heavy atom. The maximum absolute atomic E-state index is 12.7. The molecule has 0 aromatic rings. The highest BCUT2D eigenvalue weighted by atomic mass is 16.6. The van der Waals surface area contributed by atoms with E-state index in [1.807, 2.05) is 20.8 Å². The number of hydrogen-bond acceptors (Lipinski definition) is 4. The predicted octanol–water partition coefficient (Wildman–Crippen LogP) is 3.03. The Hall–Kier alpha value is -0.810. The van der Waals surface area contributed by atoms with Gasteiger partial charge in [-0.15, -0.1) is 0 Å². The molecular weight excluding hydrogens is 290 g/mol. The van der Waals surface area contributed by atoms with Crippen molar-refractivity contribution in [2.24, 2.45) is 5.73 Å². The molecule has 2 aliphatic rings. The van der Waals surface area contributed by atoms with Crippen molar-refractivity contribution in [2.45, 2.75) is 89.3 Å². The van der Waals surface area contributed by atoms with E-state index in [1.54, 1.807) is 0 Å². The minimum atomic E-state index is -0.427. The second kappa shape index (κ2) is 7.84. The molecule has 2 fully saturated rings. The van der Waals surface area contributed by atoms with Crippen molar-refractivity contribution < 1.29 is 9.53 Å². The third-order valence-electron chi connectivity index (χ3n) is 5.11. The molecule has 1 aliphatic heterocycles. The Labute approximate surface area is 141 Å². The van der Waals surface area contributed by atoms with Gasteiger partial charge < -0.3 is 20.7 Å². The third-order valence-corrected chi connectivity index (χ3v) is 5.11. The second-order valence-electron chi connectivity index (χ2n) is 8.20. The van der Waals surface area contributed by atoms with E-state index >= 15 is 0 Å². The number of carbonyl (C=O) groups is 1. The Bertz CT molecular complexity index is 386. The quantitative estimate of drug-likeness (QED) is 0.780. The minimum absolute atomic E-state index is 0.000779. The molecule has 1 unspecified atom stereocenters. The summed E-state index contributed by atoms with van der Waals surface area (Å²) in [4.78, 5) is 14.8. The summed E-state index contributed by atoms with van der Waals surface area (Å²) in [5, 5.41) is 3.64. The van der Waals surface area contributed by atoms with Crippen molar-refractivity contribution in [2.75, 3.05) is 19.6 Å². The molecule has 1 heterocycles. The largest absolute Gasteiger partial charge is 0.444 e. The second-order valence-corrected chi connectivity index (χ2v) is 8.20. The fourth-order valence-corrected chi connectivity index (χ4v) is 4.06. The van der Waals surface area contributed by atoms with E-state index < -0.39 is 5.60 Å². The Balaban J connectivity index is 2.05. The van der Waals surface area contributed by atoms with Crippen LogP contribution >= 0.6 is 0 Å². The highest BCUT2D eigenvalue weighted by Gasteiger charge is 2.46. The molecule has 0 aromatic carbocycles. The maximum Gasteiger partial charge on any atom is 0.410 e. The Morgan fingerprint density at radius 1 is 1.30 bits per heavy atom. The van der Waals surface area contributed by atoms with Gasteiger partial charge in [-0.2, -0.15) is 0 Å². The molecule has 0 bridgehead atoms. The first-order valence-corrected chi connectivity index (χ1v) is 9.30. The molecule has 5 nitrogen and oxygen atoms in total. The molecule has 3 N–H and O–H groups in total. The smallest absolute Gasteiger partial charge is 0.410 e. The number of rotatable bonds is 4. The van der Waals surface area contributed by atoms with Gasteiger partial charge in [0.1, 0.15) is 5.60 Å². The van der Waals surface area contributed by atoms with Crippen molar-refractivity contribution in [3.8, 4) is 0 Å². The molecule has 1 aliphatic carbocycles. The molecule has 0 aromatic heterocycles. The first-order valence-electron chi connectivity index (χ1n) is 9.30. The van der Waals surface area contributed by atoms with Crippen LogP contribution in [-0.2, 0) is 4.74 Å². The van der Waals surface area contributed by atoms with Gasteiger partial charge in [0.15, 0.2) is 0 Å². The molecule has 1 saturated heterocycles. The monoisotopic (exact) mass is 325 g/mol. The van der Waals surface area contributed by atoms with Gasteiger partial charge in [-0.25, -0.2) is 4.79 Å². The number of likely N-dealkylation sites (tertiary alicyclic amines) is 1. The zero-order valence-electron chi connectivity index (χ0n) is 15.2. The fourth-order valence-electron chi connectivity index (χ4n) is 4.06. The molecule has 1 spiro atoms. The first-order chi connectivity index (χ1) is 10.9. The molecule has 1 saturated carbocycles. The van der Waals surface area contributed by atoms with Gasteiger partial charge in [-0.05, 0) is 66.0 Å². The molecule has 23 heavy (non-hydrogen) atoms. The lowest BCUT2D eigenvalue weighted by Gasteiger charge is -2.51. The molecule has 1 atom stereocenters. The molecule has 134 valence electrons. The maximum atomic E-state index is 12.7. The van der Waals surface area contributed by atoms with E-state index in [9.17, 15) is 4.79 Å². The van der Waals surface area contributed by atoms with Crippen molar-refractivity contribution in [1.82, 2.24) is 10.2 Å². The summed E-state index contributed by atoms with van der Waals surface area (Å²) in [6, 6.07) is 0.498. The lowest BCUT2D eigenvalue weighted by Crippen LogP contribution is -2.61. The summed E-state index contributed by atoms with van der Waals surface area (Å²) in [5.41, 5.74) is 5.16. The van der Waals surface area contributed by atoms with Gasteiger partial charge in [0.05, 0.1) is 0 Å². The molecule has 2 rings (SSSR count). The topological polar surface area (TPSA) is 67.6 Å². The standard InChI is InChI=1S/C18H35N3O2/c1-17(2,3)23-16(22)21-13-8-15(20-12-7-11-19)14-18(21)9-5-4-6-10-18/h15,20H,4-14,19H2,1-3H3. The van der Waals surface area contributed by atoms with Gasteiger partial charge in [0.25, 0.3) is 0 Å². The zero-order chi connectivity index (χ0) is 16.9. The van der Waals surface area contributed by atoms with E-state index in [2.05, 4.69) is 10.2 Å². The van der Waals surface area contributed by atoms with Gasteiger partial charge in [-0.3, -0.25) is 0 Å². The molecule has 0 radical (unpaired) electrons. The van der Waals surface area contributed by atoms with Crippen molar-refractivity contribution in [1.29, 1.82) is 0 Å². The van der Waals surface area contributed by atoms with Crippen LogP contribution in [0.4, 0.5) is 4.79 Å². The third kappa shape index (κ3) is 5.08. The van der Waals surface area contributed by atoms with Crippen LogP contribution < -0.4 is 11.1 Å². The molecular formula is C18H35N3O2. The van der Waals surface area contributed by atoms with Crippen LogP contribution in [0.25, 0.3) is 0 Å². The summed E-state index contributed by atoms with van der Waals surface area (Å²) >= 11 is 0. The minimum Gasteiger partial charge on any atom is -0.444 e. The highest BCUT2D eigenvalue weighted by molar-refractivity contribution is 5.69. The van der Waals surface area contributed by atoms with Crippen LogP contribution in [-0.4, -0.2) is 47.8 Å². The average Bonchev–Trinajstić information content (AvgIpc) is 2.46. The summed E-state index contributed by atoms with van der Waals surface area (Å²) in [5.74, 6) is 0. The number of amides is 1. The van der Waals surface area contributed by atoms with Crippen molar-refractivity contribution in [3.05, 3.63) is 0 Å². The summed E-state index contributed by atoms with van der Waals surface area (Å²) in [6.07, 6.45) is 8.89.